The highest BCUT2D eigenvalue weighted by atomic mass is 16.5. The zero-order valence-corrected chi connectivity index (χ0v) is 13.6. The molecule has 0 aliphatic heterocycles. The van der Waals surface area contributed by atoms with Crippen LogP contribution in [0.3, 0.4) is 0 Å². The number of benzene rings is 1. The topological polar surface area (TPSA) is 102 Å². The summed E-state index contributed by atoms with van der Waals surface area (Å²) in [4.78, 5) is 24.7. The van der Waals surface area contributed by atoms with Crippen molar-refractivity contribution >= 4 is 22.8 Å². The van der Waals surface area contributed by atoms with Crippen molar-refractivity contribution in [2.45, 2.75) is 6.42 Å². The number of rotatable bonds is 8. The maximum Gasteiger partial charge on any atom is 0.305 e. The monoisotopic (exact) mass is 333 g/mol. The number of nitrogens with zero attached hydrogens (tertiary/aromatic N) is 3. The number of aliphatic carboxylic acids is 1. The van der Waals surface area contributed by atoms with Crippen molar-refractivity contribution in [2.24, 2.45) is 0 Å². The highest BCUT2D eigenvalue weighted by Gasteiger charge is 2.19. The molecule has 0 aliphatic rings. The number of carbonyl (C=O) groups is 2. The third-order valence-electron chi connectivity index (χ3n) is 3.46. The Bertz CT molecular complexity index is 735. The second-order valence-electron chi connectivity index (χ2n) is 5.08. The number of aromatic nitrogens is 2. The van der Waals surface area contributed by atoms with Gasteiger partial charge in [-0.1, -0.05) is 0 Å². The Morgan fingerprint density at radius 2 is 1.96 bits per heavy atom. The van der Waals surface area contributed by atoms with Crippen molar-refractivity contribution < 1.29 is 24.2 Å². The van der Waals surface area contributed by atoms with Gasteiger partial charge in [-0.3, -0.25) is 9.59 Å². The first-order chi connectivity index (χ1) is 11.5. The van der Waals surface area contributed by atoms with Gasteiger partial charge < -0.3 is 19.5 Å². The van der Waals surface area contributed by atoms with E-state index in [1.807, 2.05) is 0 Å². The lowest BCUT2D eigenvalue weighted by molar-refractivity contribution is -0.137. The minimum absolute atomic E-state index is 0.0832. The minimum Gasteiger partial charge on any atom is -0.497 e. The second kappa shape index (κ2) is 8.21. The lowest BCUT2D eigenvalue weighted by Crippen LogP contribution is -2.36. The van der Waals surface area contributed by atoms with Gasteiger partial charge in [-0.05, 0) is 18.2 Å². The van der Waals surface area contributed by atoms with Gasteiger partial charge in [0.25, 0.3) is 5.91 Å². The molecule has 0 fully saturated rings. The van der Waals surface area contributed by atoms with Gasteiger partial charge in [0, 0.05) is 31.7 Å². The fourth-order valence-electron chi connectivity index (χ4n) is 2.16. The van der Waals surface area contributed by atoms with E-state index in [0.717, 1.165) is 5.39 Å². The average molecular weight is 333 g/mol. The van der Waals surface area contributed by atoms with Crippen LogP contribution >= 0.6 is 0 Å². The number of hydrogen-bond donors (Lipinski definition) is 1. The predicted molar refractivity (Wildman–Crippen MR) is 86.1 cm³/mol. The molecule has 1 amide bonds. The van der Waals surface area contributed by atoms with Gasteiger partial charge in [0.1, 0.15) is 5.75 Å². The van der Waals surface area contributed by atoms with Crippen LogP contribution in [0.15, 0.2) is 24.3 Å². The van der Waals surface area contributed by atoms with Crippen LogP contribution in [0.25, 0.3) is 10.9 Å². The van der Waals surface area contributed by atoms with Crippen LogP contribution in [-0.4, -0.2) is 66.0 Å². The maximum atomic E-state index is 12.6. The maximum absolute atomic E-state index is 12.6. The second-order valence-corrected chi connectivity index (χ2v) is 5.08. The SMILES string of the molecule is COCCN(CCC(=O)O)C(=O)c1cc2ccc(OC)cc2nn1. The first-order valence-electron chi connectivity index (χ1n) is 7.36. The summed E-state index contributed by atoms with van der Waals surface area (Å²) in [7, 11) is 3.08. The molecule has 0 unspecified atom stereocenters. The van der Waals surface area contributed by atoms with Crippen LogP contribution < -0.4 is 4.74 Å². The van der Waals surface area contributed by atoms with E-state index in [-0.39, 0.29) is 31.1 Å². The Kier molecular flexibility index (Phi) is 6.02. The van der Waals surface area contributed by atoms with Gasteiger partial charge >= 0.3 is 5.97 Å². The third-order valence-corrected chi connectivity index (χ3v) is 3.46. The van der Waals surface area contributed by atoms with E-state index in [9.17, 15) is 9.59 Å². The fourth-order valence-corrected chi connectivity index (χ4v) is 2.16. The smallest absolute Gasteiger partial charge is 0.305 e. The summed E-state index contributed by atoms with van der Waals surface area (Å²) in [6.07, 6.45) is -0.145. The van der Waals surface area contributed by atoms with E-state index < -0.39 is 5.97 Å². The van der Waals surface area contributed by atoms with Crippen molar-refractivity contribution in [2.75, 3.05) is 33.9 Å². The summed E-state index contributed by atoms with van der Waals surface area (Å²) < 4.78 is 10.1. The summed E-state index contributed by atoms with van der Waals surface area (Å²) in [5.74, 6) is -0.695. The van der Waals surface area contributed by atoms with Crippen LogP contribution in [0.4, 0.5) is 0 Å². The normalized spacial score (nSPS) is 10.6. The molecule has 8 nitrogen and oxygen atoms in total. The Hall–Kier alpha value is -2.74. The molecule has 1 heterocycles. The number of carboxylic acids is 1. The van der Waals surface area contributed by atoms with Gasteiger partial charge in [0.15, 0.2) is 5.69 Å². The molecule has 2 rings (SSSR count). The van der Waals surface area contributed by atoms with E-state index in [4.69, 9.17) is 14.6 Å². The highest BCUT2D eigenvalue weighted by molar-refractivity contribution is 5.95. The molecule has 0 saturated carbocycles. The van der Waals surface area contributed by atoms with Crippen molar-refractivity contribution in [3.63, 3.8) is 0 Å². The Morgan fingerprint density at radius 1 is 1.17 bits per heavy atom. The van der Waals surface area contributed by atoms with Crippen LogP contribution in [0.5, 0.6) is 5.75 Å². The van der Waals surface area contributed by atoms with Gasteiger partial charge in [-0.25, -0.2) is 0 Å². The number of methoxy groups -OCH3 is 2. The molecule has 1 aromatic carbocycles. The Balaban J connectivity index is 2.23. The van der Waals surface area contributed by atoms with Crippen LogP contribution in [-0.2, 0) is 9.53 Å². The van der Waals surface area contributed by atoms with Crippen molar-refractivity contribution in [1.82, 2.24) is 15.1 Å². The van der Waals surface area contributed by atoms with Gasteiger partial charge in [0.2, 0.25) is 0 Å². The summed E-state index contributed by atoms with van der Waals surface area (Å²) in [5, 5.41) is 17.6. The molecule has 1 N–H and O–H groups in total. The van der Waals surface area contributed by atoms with Gasteiger partial charge in [-0.2, -0.15) is 0 Å². The molecule has 128 valence electrons. The molecule has 0 saturated heterocycles. The number of fused-ring (bicyclic) bond motifs is 1. The molecule has 0 radical (unpaired) electrons. The van der Waals surface area contributed by atoms with E-state index in [1.54, 1.807) is 31.4 Å². The summed E-state index contributed by atoms with van der Waals surface area (Å²) >= 11 is 0. The molecule has 8 heteroatoms. The van der Waals surface area contributed by atoms with Crippen LogP contribution in [0.2, 0.25) is 0 Å². The van der Waals surface area contributed by atoms with Crippen molar-refractivity contribution in [3.8, 4) is 5.75 Å². The molecular formula is C16H19N3O5. The lowest BCUT2D eigenvalue weighted by Gasteiger charge is -2.21. The zero-order chi connectivity index (χ0) is 17.5. The number of carboxylic acid groups (broad SMARTS) is 1. The molecule has 0 atom stereocenters. The molecule has 2 aromatic rings. The molecule has 0 aliphatic carbocycles. The molecule has 0 bridgehead atoms. The molecule has 1 aromatic heterocycles. The minimum atomic E-state index is -0.970. The Morgan fingerprint density at radius 3 is 2.62 bits per heavy atom. The van der Waals surface area contributed by atoms with Crippen LogP contribution in [0.1, 0.15) is 16.9 Å². The first kappa shape index (κ1) is 17.6. The van der Waals surface area contributed by atoms with E-state index in [2.05, 4.69) is 10.2 Å². The van der Waals surface area contributed by atoms with E-state index >= 15 is 0 Å². The molecular weight excluding hydrogens is 314 g/mol. The van der Waals surface area contributed by atoms with Gasteiger partial charge in [0.05, 0.1) is 25.7 Å². The standard InChI is InChI=1S/C16H19N3O5/c1-23-8-7-19(6-5-15(20)21)16(22)14-9-11-3-4-12(24-2)10-13(11)17-18-14/h3-4,9-10H,5-8H2,1-2H3,(H,20,21). The van der Waals surface area contributed by atoms with E-state index in [0.29, 0.717) is 17.9 Å². The highest BCUT2D eigenvalue weighted by Crippen LogP contribution is 2.19. The molecule has 0 spiro atoms. The fraction of sp³-hybridized carbons (Fsp3) is 0.375. The van der Waals surface area contributed by atoms with Crippen LogP contribution in [0, 0.1) is 0 Å². The largest absolute Gasteiger partial charge is 0.497 e. The number of carbonyl (C=O) groups excluding carboxylic acids is 1. The van der Waals surface area contributed by atoms with Crippen molar-refractivity contribution in [1.29, 1.82) is 0 Å². The quantitative estimate of drug-likeness (QED) is 0.774. The summed E-state index contributed by atoms with van der Waals surface area (Å²) in [6, 6.07) is 6.91. The number of amides is 1. The number of ether oxygens (including phenoxy) is 2. The van der Waals surface area contributed by atoms with Gasteiger partial charge in [-0.15, -0.1) is 10.2 Å². The zero-order valence-electron chi connectivity index (χ0n) is 13.6. The average Bonchev–Trinajstić information content (AvgIpc) is 2.60. The van der Waals surface area contributed by atoms with Crippen molar-refractivity contribution in [3.05, 3.63) is 30.0 Å². The first-order valence-corrected chi connectivity index (χ1v) is 7.36. The Labute approximate surface area is 139 Å². The predicted octanol–water partition coefficient (Wildman–Crippen LogP) is 1.20. The summed E-state index contributed by atoms with van der Waals surface area (Å²) in [5.41, 5.74) is 0.772. The lowest BCUT2D eigenvalue weighted by atomic mass is 10.2. The van der Waals surface area contributed by atoms with E-state index in [1.165, 1.54) is 12.0 Å². The summed E-state index contributed by atoms with van der Waals surface area (Å²) in [6.45, 7) is 0.675. The molecule has 24 heavy (non-hydrogen) atoms. The number of hydrogen-bond acceptors (Lipinski definition) is 6. The third kappa shape index (κ3) is 4.39.